The second-order valence-corrected chi connectivity index (χ2v) is 4.85. The van der Waals surface area contributed by atoms with Crippen molar-refractivity contribution in [2.75, 3.05) is 0 Å². The van der Waals surface area contributed by atoms with E-state index in [0.717, 1.165) is 25.7 Å². The van der Waals surface area contributed by atoms with Crippen LogP contribution in [0.2, 0.25) is 0 Å². The predicted molar refractivity (Wildman–Crippen MR) is 63.2 cm³/mol. The molecule has 0 aliphatic heterocycles. The first kappa shape index (κ1) is 11.3. The topological polar surface area (TPSA) is 107 Å². The van der Waals surface area contributed by atoms with Crippen molar-refractivity contribution in [2.24, 2.45) is 5.73 Å². The summed E-state index contributed by atoms with van der Waals surface area (Å²) < 4.78 is 5.32. The van der Waals surface area contributed by atoms with Gasteiger partial charge in [-0.2, -0.15) is 20.4 Å². The lowest BCUT2D eigenvalue weighted by atomic mass is 9.91. The van der Waals surface area contributed by atoms with Gasteiger partial charge in [0.05, 0.1) is 11.7 Å². The minimum atomic E-state index is -0.481. The van der Waals surface area contributed by atoms with Crippen molar-refractivity contribution in [3.8, 4) is 11.5 Å². The van der Waals surface area contributed by atoms with Crippen LogP contribution in [0.4, 0.5) is 0 Å². The molecular weight excluding hydrogens is 232 g/mol. The van der Waals surface area contributed by atoms with Crippen LogP contribution < -0.4 is 5.73 Å². The zero-order valence-corrected chi connectivity index (χ0v) is 10.1. The molecule has 2 aromatic rings. The van der Waals surface area contributed by atoms with Gasteiger partial charge in [0.2, 0.25) is 11.7 Å². The third kappa shape index (κ3) is 2.01. The highest BCUT2D eigenvalue weighted by atomic mass is 16.5. The molecule has 0 amide bonds. The van der Waals surface area contributed by atoms with Crippen LogP contribution in [-0.2, 0) is 5.54 Å². The molecule has 7 nitrogen and oxygen atoms in total. The molecule has 2 heterocycles. The number of H-pyrrole nitrogens is 1. The Labute approximate surface area is 104 Å². The summed E-state index contributed by atoms with van der Waals surface area (Å²) in [6.45, 7) is 0. The fraction of sp³-hybridized carbons (Fsp3) is 0.636. The lowest BCUT2D eigenvalue weighted by Crippen LogP contribution is -2.36. The van der Waals surface area contributed by atoms with Crippen molar-refractivity contribution in [3.63, 3.8) is 0 Å². The molecule has 3 N–H and O–H groups in total. The summed E-state index contributed by atoms with van der Waals surface area (Å²) in [5, 5.41) is 14.1. The first-order valence-corrected chi connectivity index (χ1v) is 6.27. The number of nitrogens with zero attached hydrogens (tertiary/aromatic N) is 4. The van der Waals surface area contributed by atoms with Gasteiger partial charge in [0.15, 0.2) is 5.69 Å². The van der Waals surface area contributed by atoms with Gasteiger partial charge >= 0.3 is 0 Å². The van der Waals surface area contributed by atoms with Gasteiger partial charge in [-0.1, -0.05) is 30.8 Å². The second-order valence-electron chi connectivity index (χ2n) is 4.85. The molecule has 96 valence electrons. The Morgan fingerprint density at radius 1 is 1.22 bits per heavy atom. The lowest BCUT2D eigenvalue weighted by Gasteiger charge is -2.22. The lowest BCUT2D eigenvalue weighted by molar-refractivity contribution is 0.257. The van der Waals surface area contributed by atoms with E-state index in [9.17, 15) is 0 Å². The van der Waals surface area contributed by atoms with E-state index >= 15 is 0 Å². The minimum absolute atomic E-state index is 0.438. The Morgan fingerprint density at radius 3 is 2.67 bits per heavy atom. The Balaban J connectivity index is 1.88. The molecule has 0 unspecified atom stereocenters. The van der Waals surface area contributed by atoms with Crippen LogP contribution in [-0.4, -0.2) is 25.6 Å². The van der Waals surface area contributed by atoms with Gasteiger partial charge in [-0.25, -0.2) is 0 Å². The van der Waals surface area contributed by atoms with Crippen molar-refractivity contribution in [1.29, 1.82) is 0 Å². The maximum absolute atomic E-state index is 6.41. The molecule has 0 saturated heterocycles. The molecule has 0 radical (unpaired) electrons. The first-order valence-electron chi connectivity index (χ1n) is 6.27. The van der Waals surface area contributed by atoms with Gasteiger partial charge in [0.1, 0.15) is 0 Å². The molecule has 3 rings (SSSR count). The van der Waals surface area contributed by atoms with Crippen LogP contribution in [0.5, 0.6) is 0 Å². The maximum Gasteiger partial charge on any atom is 0.247 e. The van der Waals surface area contributed by atoms with E-state index in [1.54, 1.807) is 6.20 Å². The van der Waals surface area contributed by atoms with Crippen LogP contribution in [0.3, 0.4) is 0 Å². The highest BCUT2D eigenvalue weighted by Gasteiger charge is 2.34. The maximum atomic E-state index is 6.41. The van der Waals surface area contributed by atoms with Crippen molar-refractivity contribution >= 4 is 0 Å². The summed E-state index contributed by atoms with van der Waals surface area (Å²) in [7, 11) is 0. The Morgan fingerprint density at radius 2 is 2.00 bits per heavy atom. The van der Waals surface area contributed by atoms with Gasteiger partial charge in [0.25, 0.3) is 0 Å². The zero-order valence-electron chi connectivity index (χ0n) is 10.1. The standard InChI is InChI=1S/C11H16N6O/c12-11(5-3-1-2-4-6-11)10-14-9(16-18-10)8-7-13-17-15-8/h7H,1-6,12H2,(H,13,15,17). The van der Waals surface area contributed by atoms with Gasteiger partial charge in [-0.3, -0.25) is 0 Å². The quantitative estimate of drug-likeness (QED) is 0.777. The van der Waals surface area contributed by atoms with Gasteiger partial charge in [-0.15, -0.1) is 0 Å². The third-order valence-electron chi connectivity index (χ3n) is 3.49. The highest BCUT2D eigenvalue weighted by Crippen LogP contribution is 2.33. The molecule has 0 atom stereocenters. The molecule has 0 spiro atoms. The molecule has 7 heteroatoms. The Hall–Kier alpha value is -1.76. The normalized spacial score (nSPS) is 19.6. The van der Waals surface area contributed by atoms with Crippen molar-refractivity contribution in [1.82, 2.24) is 25.6 Å². The average Bonchev–Trinajstić information content (AvgIpc) is 3.00. The SMILES string of the molecule is NC1(c2nc(-c3cn[nH]n3)no2)CCCCCC1. The molecule has 1 aliphatic rings. The highest BCUT2D eigenvalue weighted by molar-refractivity contribution is 5.45. The van der Waals surface area contributed by atoms with Gasteiger partial charge in [0, 0.05) is 0 Å². The smallest absolute Gasteiger partial charge is 0.247 e. The number of rotatable bonds is 2. The van der Waals surface area contributed by atoms with Gasteiger partial charge in [-0.05, 0) is 12.8 Å². The number of nitrogens with one attached hydrogen (secondary N) is 1. The number of hydrogen-bond donors (Lipinski definition) is 2. The van der Waals surface area contributed by atoms with Crippen LogP contribution >= 0.6 is 0 Å². The number of aromatic nitrogens is 5. The zero-order chi connectivity index (χ0) is 12.4. The fourth-order valence-corrected chi connectivity index (χ4v) is 2.41. The summed E-state index contributed by atoms with van der Waals surface area (Å²) in [5.41, 5.74) is 6.50. The van der Waals surface area contributed by atoms with Crippen LogP contribution in [0, 0.1) is 0 Å². The van der Waals surface area contributed by atoms with E-state index in [4.69, 9.17) is 10.3 Å². The molecule has 2 aromatic heterocycles. The minimum Gasteiger partial charge on any atom is -0.337 e. The first-order chi connectivity index (χ1) is 8.78. The van der Waals surface area contributed by atoms with E-state index < -0.39 is 5.54 Å². The monoisotopic (exact) mass is 248 g/mol. The molecule has 1 fully saturated rings. The summed E-state index contributed by atoms with van der Waals surface area (Å²) >= 11 is 0. The van der Waals surface area contributed by atoms with E-state index in [2.05, 4.69) is 25.6 Å². The van der Waals surface area contributed by atoms with Crippen molar-refractivity contribution < 1.29 is 4.52 Å². The number of nitrogens with two attached hydrogens (primary N) is 1. The third-order valence-corrected chi connectivity index (χ3v) is 3.49. The summed E-state index contributed by atoms with van der Waals surface area (Å²) in [6, 6.07) is 0. The molecular formula is C11H16N6O. The van der Waals surface area contributed by atoms with E-state index in [-0.39, 0.29) is 0 Å². The number of hydrogen-bond acceptors (Lipinski definition) is 6. The Bertz CT molecular complexity index is 497. The fourth-order valence-electron chi connectivity index (χ4n) is 2.41. The molecule has 0 bridgehead atoms. The Kier molecular flexibility index (Phi) is 2.83. The van der Waals surface area contributed by atoms with Crippen LogP contribution in [0.25, 0.3) is 11.5 Å². The summed E-state index contributed by atoms with van der Waals surface area (Å²) in [4.78, 5) is 4.36. The molecule has 18 heavy (non-hydrogen) atoms. The summed E-state index contributed by atoms with van der Waals surface area (Å²) in [6.07, 6.45) is 8.02. The van der Waals surface area contributed by atoms with E-state index in [1.807, 2.05) is 0 Å². The van der Waals surface area contributed by atoms with E-state index in [1.165, 1.54) is 12.8 Å². The van der Waals surface area contributed by atoms with Crippen molar-refractivity contribution in [2.45, 2.75) is 44.1 Å². The van der Waals surface area contributed by atoms with Crippen LogP contribution in [0.1, 0.15) is 44.4 Å². The predicted octanol–water partition coefficient (Wildman–Crippen LogP) is 1.36. The molecule has 1 aliphatic carbocycles. The van der Waals surface area contributed by atoms with Crippen LogP contribution in [0.15, 0.2) is 10.7 Å². The second kappa shape index (κ2) is 4.49. The average molecular weight is 248 g/mol. The number of aromatic amines is 1. The van der Waals surface area contributed by atoms with Gasteiger partial charge < -0.3 is 10.3 Å². The summed E-state index contributed by atoms with van der Waals surface area (Å²) in [5.74, 6) is 0.954. The largest absolute Gasteiger partial charge is 0.337 e. The molecule has 1 saturated carbocycles. The molecule has 0 aromatic carbocycles. The van der Waals surface area contributed by atoms with E-state index in [0.29, 0.717) is 17.4 Å². The van der Waals surface area contributed by atoms with Crippen molar-refractivity contribution in [3.05, 3.63) is 12.1 Å².